The van der Waals surface area contributed by atoms with Crippen molar-refractivity contribution in [3.63, 3.8) is 0 Å². The van der Waals surface area contributed by atoms with Crippen molar-refractivity contribution in [1.82, 2.24) is 0 Å². The normalized spacial score (nSPS) is 12.2. The lowest BCUT2D eigenvalue weighted by Gasteiger charge is -2.21. The second kappa shape index (κ2) is 11.8. The van der Waals surface area contributed by atoms with Gasteiger partial charge in [0.25, 0.3) is 0 Å². The van der Waals surface area contributed by atoms with Crippen molar-refractivity contribution in [2.45, 2.75) is 84.0 Å². The van der Waals surface area contributed by atoms with Gasteiger partial charge in [0.1, 0.15) is 5.75 Å². The standard InChI is InChI=1S/C25H36O/c1-3-5-7-8-9-10-16-21(15-6-4-2)22-17-11-12-18-23(22)24-19-13-14-20-25(24)26/h11-14,17-21,26H,3-10,15-16H2,1-2H3. The smallest absolute Gasteiger partial charge is 0.123 e. The lowest BCUT2D eigenvalue weighted by atomic mass is 9.84. The van der Waals surface area contributed by atoms with Crippen LogP contribution in [0.2, 0.25) is 0 Å². The number of hydrogen-bond acceptors (Lipinski definition) is 1. The molecule has 1 N–H and O–H groups in total. The third-order valence-corrected chi connectivity index (χ3v) is 5.41. The van der Waals surface area contributed by atoms with Crippen LogP contribution in [-0.2, 0) is 0 Å². The Bertz CT molecular complexity index is 632. The second-order valence-corrected chi connectivity index (χ2v) is 7.50. The zero-order valence-electron chi connectivity index (χ0n) is 16.7. The van der Waals surface area contributed by atoms with Gasteiger partial charge in [-0.3, -0.25) is 0 Å². The molecule has 0 aliphatic rings. The lowest BCUT2D eigenvalue weighted by molar-refractivity contribution is 0.476. The SMILES string of the molecule is CCCCCCCCC(CCCC)c1ccccc1-c1ccccc1O. The Balaban J connectivity index is 2.13. The van der Waals surface area contributed by atoms with Crippen LogP contribution in [0.3, 0.4) is 0 Å². The Labute approximate surface area is 160 Å². The van der Waals surface area contributed by atoms with Crippen LogP contribution in [0.5, 0.6) is 5.75 Å². The van der Waals surface area contributed by atoms with Crippen molar-refractivity contribution in [1.29, 1.82) is 0 Å². The number of hydrogen-bond donors (Lipinski definition) is 1. The largest absolute Gasteiger partial charge is 0.507 e. The van der Waals surface area contributed by atoms with Crippen LogP contribution in [0, 0.1) is 0 Å². The minimum Gasteiger partial charge on any atom is -0.507 e. The summed E-state index contributed by atoms with van der Waals surface area (Å²) in [6.07, 6.45) is 13.1. The molecule has 0 aromatic heterocycles. The highest BCUT2D eigenvalue weighted by Gasteiger charge is 2.17. The van der Waals surface area contributed by atoms with Crippen LogP contribution in [0.4, 0.5) is 0 Å². The third kappa shape index (κ3) is 6.20. The van der Waals surface area contributed by atoms with E-state index in [4.69, 9.17) is 0 Å². The van der Waals surface area contributed by atoms with E-state index in [0.29, 0.717) is 11.7 Å². The van der Waals surface area contributed by atoms with E-state index >= 15 is 0 Å². The van der Waals surface area contributed by atoms with Gasteiger partial charge in [0, 0.05) is 5.56 Å². The summed E-state index contributed by atoms with van der Waals surface area (Å²) in [7, 11) is 0. The number of rotatable bonds is 12. The first-order valence-electron chi connectivity index (χ1n) is 10.6. The summed E-state index contributed by atoms with van der Waals surface area (Å²) < 4.78 is 0. The van der Waals surface area contributed by atoms with E-state index in [1.807, 2.05) is 18.2 Å². The molecule has 0 heterocycles. The summed E-state index contributed by atoms with van der Waals surface area (Å²) in [5, 5.41) is 10.3. The minimum absolute atomic E-state index is 0.383. The first kappa shape index (κ1) is 20.6. The van der Waals surface area contributed by atoms with Crippen molar-refractivity contribution >= 4 is 0 Å². The van der Waals surface area contributed by atoms with E-state index in [-0.39, 0.29) is 0 Å². The quantitative estimate of drug-likeness (QED) is 0.383. The molecule has 0 spiro atoms. The number of para-hydroxylation sites is 1. The summed E-state index contributed by atoms with van der Waals surface area (Å²) in [4.78, 5) is 0. The Morgan fingerprint density at radius 1 is 0.654 bits per heavy atom. The number of benzene rings is 2. The predicted molar refractivity (Wildman–Crippen MR) is 114 cm³/mol. The van der Waals surface area contributed by atoms with Gasteiger partial charge < -0.3 is 5.11 Å². The summed E-state index contributed by atoms with van der Waals surface area (Å²) in [6.45, 7) is 4.55. The van der Waals surface area contributed by atoms with E-state index in [1.54, 1.807) is 6.07 Å². The average Bonchev–Trinajstić information content (AvgIpc) is 2.67. The van der Waals surface area contributed by atoms with Crippen molar-refractivity contribution in [3.05, 3.63) is 54.1 Å². The third-order valence-electron chi connectivity index (χ3n) is 5.41. The molecule has 1 atom stereocenters. The van der Waals surface area contributed by atoms with Crippen molar-refractivity contribution < 1.29 is 5.11 Å². The number of unbranched alkanes of at least 4 members (excludes halogenated alkanes) is 6. The number of phenolic OH excluding ortho intramolecular Hbond substituents is 1. The van der Waals surface area contributed by atoms with Crippen LogP contribution in [0.25, 0.3) is 11.1 Å². The Kier molecular flexibility index (Phi) is 9.31. The topological polar surface area (TPSA) is 20.2 Å². The van der Waals surface area contributed by atoms with Gasteiger partial charge in [-0.2, -0.15) is 0 Å². The summed E-state index contributed by atoms with van der Waals surface area (Å²) >= 11 is 0. The summed E-state index contributed by atoms with van der Waals surface area (Å²) in [5.41, 5.74) is 3.58. The van der Waals surface area contributed by atoms with Gasteiger partial charge in [-0.25, -0.2) is 0 Å². The lowest BCUT2D eigenvalue weighted by Crippen LogP contribution is -2.02. The van der Waals surface area contributed by atoms with Gasteiger partial charge >= 0.3 is 0 Å². The van der Waals surface area contributed by atoms with E-state index in [1.165, 1.54) is 75.3 Å². The van der Waals surface area contributed by atoms with E-state index in [9.17, 15) is 5.11 Å². The second-order valence-electron chi connectivity index (χ2n) is 7.50. The molecule has 2 aromatic carbocycles. The van der Waals surface area contributed by atoms with E-state index in [2.05, 4.69) is 38.1 Å². The maximum Gasteiger partial charge on any atom is 0.123 e. The zero-order valence-corrected chi connectivity index (χ0v) is 16.7. The molecule has 0 bridgehead atoms. The Morgan fingerprint density at radius 2 is 1.23 bits per heavy atom. The Hall–Kier alpha value is -1.76. The Morgan fingerprint density at radius 3 is 1.96 bits per heavy atom. The van der Waals surface area contributed by atoms with Crippen LogP contribution in [-0.4, -0.2) is 5.11 Å². The molecular weight excluding hydrogens is 316 g/mol. The molecule has 142 valence electrons. The van der Waals surface area contributed by atoms with Gasteiger partial charge in [-0.1, -0.05) is 108 Å². The van der Waals surface area contributed by atoms with Gasteiger partial charge in [0.15, 0.2) is 0 Å². The molecule has 0 radical (unpaired) electrons. The number of phenols is 1. The van der Waals surface area contributed by atoms with Gasteiger partial charge in [-0.05, 0) is 36.0 Å². The van der Waals surface area contributed by atoms with Crippen molar-refractivity contribution in [2.24, 2.45) is 0 Å². The van der Waals surface area contributed by atoms with Gasteiger partial charge in [0.2, 0.25) is 0 Å². The van der Waals surface area contributed by atoms with Crippen LogP contribution in [0.15, 0.2) is 48.5 Å². The maximum atomic E-state index is 10.3. The van der Waals surface area contributed by atoms with Crippen LogP contribution < -0.4 is 0 Å². The molecule has 0 saturated heterocycles. The molecule has 2 rings (SSSR count). The molecule has 26 heavy (non-hydrogen) atoms. The fraction of sp³-hybridized carbons (Fsp3) is 0.520. The molecule has 0 aliphatic carbocycles. The fourth-order valence-corrected chi connectivity index (χ4v) is 3.88. The molecule has 0 aliphatic heterocycles. The summed E-state index contributed by atoms with van der Waals surface area (Å²) in [6, 6.07) is 16.4. The first-order chi connectivity index (χ1) is 12.8. The molecule has 0 fully saturated rings. The molecule has 1 nitrogen and oxygen atoms in total. The molecule has 0 saturated carbocycles. The average molecular weight is 353 g/mol. The van der Waals surface area contributed by atoms with Crippen LogP contribution in [0.1, 0.15) is 89.5 Å². The maximum absolute atomic E-state index is 10.3. The van der Waals surface area contributed by atoms with E-state index in [0.717, 1.165) is 5.56 Å². The molecular formula is C25H36O. The highest BCUT2D eigenvalue weighted by atomic mass is 16.3. The highest BCUT2D eigenvalue weighted by molar-refractivity contribution is 5.73. The van der Waals surface area contributed by atoms with Crippen LogP contribution >= 0.6 is 0 Å². The summed E-state index contributed by atoms with van der Waals surface area (Å²) in [5.74, 6) is 0.977. The zero-order chi connectivity index (χ0) is 18.6. The highest BCUT2D eigenvalue weighted by Crippen LogP contribution is 2.38. The molecule has 2 aromatic rings. The van der Waals surface area contributed by atoms with Gasteiger partial charge in [0.05, 0.1) is 0 Å². The number of aromatic hydroxyl groups is 1. The first-order valence-corrected chi connectivity index (χ1v) is 10.6. The monoisotopic (exact) mass is 352 g/mol. The molecule has 1 heteroatoms. The minimum atomic E-state index is 0.383. The molecule has 1 unspecified atom stereocenters. The van der Waals surface area contributed by atoms with Crippen molar-refractivity contribution in [2.75, 3.05) is 0 Å². The predicted octanol–water partition coefficient (Wildman–Crippen LogP) is 8.08. The fourth-order valence-electron chi connectivity index (χ4n) is 3.88. The van der Waals surface area contributed by atoms with Crippen molar-refractivity contribution in [3.8, 4) is 16.9 Å². The molecule has 0 amide bonds. The van der Waals surface area contributed by atoms with E-state index < -0.39 is 0 Å². The van der Waals surface area contributed by atoms with Gasteiger partial charge in [-0.15, -0.1) is 0 Å².